The third-order valence-electron chi connectivity index (χ3n) is 4.15. The molecule has 19 heavy (non-hydrogen) atoms. The van der Waals surface area contributed by atoms with Gasteiger partial charge in [0.15, 0.2) is 0 Å². The lowest BCUT2D eigenvalue weighted by Crippen LogP contribution is -2.33. The Bertz CT molecular complexity index is 391. The van der Waals surface area contributed by atoms with Crippen LogP contribution in [0, 0.1) is 11.8 Å². The summed E-state index contributed by atoms with van der Waals surface area (Å²) >= 11 is 0. The van der Waals surface area contributed by atoms with Gasteiger partial charge >= 0.3 is 0 Å². The molecule has 0 amide bonds. The summed E-state index contributed by atoms with van der Waals surface area (Å²) in [6.45, 7) is 7.65. The molecule has 3 atom stereocenters. The largest absolute Gasteiger partial charge is 0.491 e. The lowest BCUT2D eigenvalue weighted by molar-refractivity contribution is 0.278. The second-order valence-corrected chi connectivity index (χ2v) is 5.99. The molecule has 0 saturated heterocycles. The smallest absolute Gasteiger partial charge is 0.142 e. The van der Waals surface area contributed by atoms with Crippen LogP contribution in [0.3, 0.4) is 0 Å². The third kappa shape index (κ3) is 3.89. The molecule has 1 aliphatic rings. The fraction of sp³-hybridized carbons (Fsp3) is 0.647. The van der Waals surface area contributed by atoms with Crippen molar-refractivity contribution in [2.75, 3.05) is 11.9 Å². The van der Waals surface area contributed by atoms with Crippen molar-refractivity contribution in [3.05, 3.63) is 24.3 Å². The first kappa shape index (κ1) is 14.2. The Morgan fingerprint density at radius 2 is 2.00 bits per heavy atom. The quantitative estimate of drug-likeness (QED) is 0.828. The molecular formula is C17H27NO. The fourth-order valence-electron chi connectivity index (χ4n) is 2.86. The SMILES string of the molecule is CCCOc1ccccc1NC1CC(C)CCC1C. The maximum absolute atomic E-state index is 5.83. The molecule has 0 bridgehead atoms. The summed E-state index contributed by atoms with van der Waals surface area (Å²) in [5, 5.41) is 3.71. The standard InChI is InChI=1S/C17H27NO/c1-4-11-19-17-8-6-5-7-15(17)18-16-12-13(2)9-10-14(16)3/h5-8,13-14,16,18H,4,9-12H2,1-3H3. The Labute approximate surface area is 117 Å². The molecule has 3 unspecified atom stereocenters. The van der Waals surface area contributed by atoms with Crippen LogP contribution in [0.25, 0.3) is 0 Å². The molecule has 1 aromatic carbocycles. The number of ether oxygens (including phenoxy) is 1. The minimum atomic E-state index is 0.579. The first-order valence-electron chi connectivity index (χ1n) is 7.69. The molecule has 0 aliphatic heterocycles. The van der Waals surface area contributed by atoms with Crippen LogP contribution in [0.4, 0.5) is 5.69 Å². The van der Waals surface area contributed by atoms with Crippen molar-refractivity contribution in [2.45, 2.75) is 52.5 Å². The highest BCUT2D eigenvalue weighted by Gasteiger charge is 2.25. The highest BCUT2D eigenvalue weighted by atomic mass is 16.5. The van der Waals surface area contributed by atoms with E-state index in [4.69, 9.17) is 4.74 Å². The number of benzene rings is 1. The molecule has 1 saturated carbocycles. The van der Waals surface area contributed by atoms with E-state index >= 15 is 0 Å². The van der Waals surface area contributed by atoms with Gasteiger partial charge in [-0.25, -0.2) is 0 Å². The van der Waals surface area contributed by atoms with E-state index in [1.807, 2.05) is 6.07 Å². The van der Waals surface area contributed by atoms with Crippen LogP contribution in [0.15, 0.2) is 24.3 Å². The Morgan fingerprint density at radius 3 is 2.79 bits per heavy atom. The summed E-state index contributed by atoms with van der Waals surface area (Å²) in [4.78, 5) is 0. The number of hydrogen-bond acceptors (Lipinski definition) is 2. The molecule has 0 spiro atoms. The summed E-state index contributed by atoms with van der Waals surface area (Å²) in [6.07, 6.45) is 5.01. The van der Waals surface area contributed by atoms with Crippen molar-refractivity contribution in [3.8, 4) is 5.75 Å². The Balaban J connectivity index is 2.04. The Hall–Kier alpha value is -1.18. The van der Waals surface area contributed by atoms with E-state index in [-0.39, 0.29) is 0 Å². The maximum atomic E-state index is 5.83. The highest BCUT2D eigenvalue weighted by molar-refractivity contribution is 5.56. The topological polar surface area (TPSA) is 21.3 Å². The first-order chi connectivity index (χ1) is 9.20. The fourth-order valence-corrected chi connectivity index (χ4v) is 2.86. The molecular weight excluding hydrogens is 234 g/mol. The van der Waals surface area contributed by atoms with Crippen molar-refractivity contribution in [1.29, 1.82) is 0 Å². The Morgan fingerprint density at radius 1 is 1.21 bits per heavy atom. The van der Waals surface area contributed by atoms with Crippen LogP contribution in [0.2, 0.25) is 0 Å². The van der Waals surface area contributed by atoms with Gasteiger partial charge in [0, 0.05) is 6.04 Å². The highest BCUT2D eigenvalue weighted by Crippen LogP contribution is 2.33. The van der Waals surface area contributed by atoms with Gasteiger partial charge in [-0.1, -0.05) is 39.3 Å². The molecule has 1 aromatic rings. The van der Waals surface area contributed by atoms with Gasteiger partial charge in [0.1, 0.15) is 5.75 Å². The predicted molar refractivity (Wildman–Crippen MR) is 81.8 cm³/mol. The second-order valence-electron chi connectivity index (χ2n) is 5.99. The summed E-state index contributed by atoms with van der Waals surface area (Å²) in [5.74, 6) is 2.57. The number of para-hydroxylation sites is 2. The van der Waals surface area contributed by atoms with Gasteiger partial charge in [-0.15, -0.1) is 0 Å². The molecule has 0 heterocycles. The molecule has 2 rings (SSSR count). The van der Waals surface area contributed by atoms with Gasteiger partial charge in [-0.3, -0.25) is 0 Å². The van der Waals surface area contributed by atoms with E-state index in [2.05, 4.69) is 44.3 Å². The zero-order valence-corrected chi connectivity index (χ0v) is 12.5. The van der Waals surface area contributed by atoms with Crippen molar-refractivity contribution < 1.29 is 4.74 Å². The van der Waals surface area contributed by atoms with Crippen molar-refractivity contribution >= 4 is 5.69 Å². The maximum Gasteiger partial charge on any atom is 0.142 e. The third-order valence-corrected chi connectivity index (χ3v) is 4.15. The van der Waals surface area contributed by atoms with E-state index in [9.17, 15) is 0 Å². The lowest BCUT2D eigenvalue weighted by atomic mass is 9.80. The monoisotopic (exact) mass is 261 g/mol. The minimum Gasteiger partial charge on any atom is -0.491 e. The molecule has 2 heteroatoms. The molecule has 0 radical (unpaired) electrons. The van der Waals surface area contributed by atoms with Crippen molar-refractivity contribution in [2.24, 2.45) is 11.8 Å². The van der Waals surface area contributed by atoms with Crippen LogP contribution in [-0.4, -0.2) is 12.6 Å². The first-order valence-corrected chi connectivity index (χ1v) is 7.69. The molecule has 2 nitrogen and oxygen atoms in total. The van der Waals surface area contributed by atoms with E-state index < -0.39 is 0 Å². The second kappa shape index (κ2) is 6.83. The van der Waals surface area contributed by atoms with Gasteiger partial charge in [0.25, 0.3) is 0 Å². The molecule has 1 N–H and O–H groups in total. The van der Waals surface area contributed by atoms with Gasteiger partial charge in [0.05, 0.1) is 12.3 Å². The molecule has 1 fully saturated rings. The van der Waals surface area contributed by atoms with Crippen LogP contribution >= 0.6 is 0 Å². The van der Waals surface area contributed by atoms with Crippen LogP contribution in [-0.2, 0) is 0 Å². The minimum absolute atomic E-state index is 0.579. The van der Waals surface area contributed by atoms with Gasteiger partial charge in [0.2, 0.25) is 0 Å². The number of rotatable bonds is 5. The number of nitrogens with one attached hydrogen (secondary N) is 1. The van der Waals surface area contributed by atoms with E-state index in [0.29, 0.717) is 6.04 Å². The van der Waals surface area contributed by atoms with Gasteiger partial charge in [-0.2, -0.15) is 0 Å². The summed E-state index contributed by atoms with van der Waals surface area (Å²) in [6, 6.07) is 8.91. The van der Waals surface area contributed by atoms with Crippen LogP contribution < -0.4 is 10.1 Å². The molecule has 1 aliphatic carbocycles. The predicted octanol–water partition coefficient (Wildman–Crippen LogP) is 4.71. The molecule has 106 valence electrons. The average Bonchev–Trinajstić information content (AvgIpc) is 2.42. The zero-order valence-electron chi connectivity index (χ0n) is 12.5. The molecule has 0 aromatic heterocycles. The summed E-state index contributed by atoms with van der Waals surface area (Å²) in [5.41, 5.74) is 1.15. The lowest BCUT2D eigenvalue weighted by Gasteiger charge is -2.34. The van der Waals surface area contributed by atoms with E-state index in [1.54, 1.807) is 0 Å². The summed E-state index contributed by atoms with van der Waals surface area (Å²) in [7, 11) is 0. The van der Waals surface area contributed by atoms with Crippen LogP contribution in [0.5, 0.6) is 5.75 Å². The normalized spacial score (nSPS) is 27.0. The average molecular weight is 261 g/mol. The van der Waals surface area contributed by atoms with E-state index in [0.717, 1.165) is 36.3 Å². The Kier molecular flexibility index (Phi) is 5.12. The number of hydrogen-bond donors (Lipinski definition) is 1. The zero-order chi connectivity index (χ0) is 13.7. The van der Waals surface area contributed by atoms with Gasteiger partial charge < -0.3 is 10.1 Å². The van der Waals surface area contributed by atoms with Gasteiger partial charge in [-0.05, 0) is 43.2 Å². The van der Waals surface area contributed by atoms with Crippen molar-refractivity contribution in [1.82, 2.24) is 0 Å². The van der Waals surface area contributed by atoms with Crippen LogP contribution in [0.1, 0.15) is 46.5 Å². The summed E-state index contributed by atoms with van der Waals surface area (Å²) < 4.78 is 5.83. The van der Waals surface area contributed by atoms with Crippen molar-refractivity contribution in [3.63, 3.8) is 0 Å². The van der Waals surface area contributed by atoms with E-state index in [1.165, 1.54) is 19.3 Å². The number of anilines is 1.